The summed E-state index contributed by atoms with van der Waals surface area (Å²) in [5.41, 5.74) is -0.684. The molecular formula is C11H9F2NO3. The molecule has 0 saturated heterocycles. The average molecular weight is 241 g/mol. The molecule has 1 atom stereocenters. The maximum Gasteiger partial charge on any atom is 0.339 e. The minimum absolute atomic E-state index is 0.0318. The van der Waals surface area contributed by atoms with Gasteiger partial charge in [-0.05, 0) is 12.1 Å². The highest BCUT2D eigenvalue weighted by Crippen LogP contribution is 2.28. The molecule has 90 valence electrons. The minimum Gasteiger partial charge on any atom is -0.467 e. The average Bonchev–Trinajstić information content (AvgIpc) is 2.75. The molecule has 1 aromatic heterocycles. The highest BCUT2D eigenvalue weighted by atomic mass is 19.1. The minimum atomic E-state index is -1.98. The topological polar surface area (TPSA) is 62.3 Å². The number of hydrogen-bond acceptors (Lipinski definition) is 3. The predicted octanol–water partition coefficient (Wildman–Crippen LogP) is 1.65. The molecule has 2 aromatic rings. The number of rotatable bonds is 2. The third kappa shape index (κ3) is 1.76. The number of carbonyl (C=O) groups excluding carboxylic acids is 1. The number of methoxy groups -OCH3 is 1. The summed E-state index contributed by atoms with van der Waals surface area (Å²) in [4.78, 5) is 13.6. The summed E-state index contributed by atoms with van der Waals surface area (Å²) < 4.78 is 31.7. The first-order chi connectivity index (χ1) is 8.06. The van der Waals surface area contributed by atoms with Gasteiger partial charge in [0.1, 0.15) is 5.82 Å². The van der Waals surface area contributed by atoms with Crippen LogP contribution in [0, 0.1) is 11.6 Å². The van der Waals surface area contributed by atoms with Crippen molar-refractivity contribution in [3.63, 3.8) is 0 Å². The second kappa shape index (κ2) is 4.14. The van der Waals surface area contributed by atoms with Gasteiger partial charge in [-0.3, -0.25) is 0 Å². The fraction of sp³-hybridized carbons (Fsp3) is 0.182. The molecule has 0 bridgehead atoms. The lowest BCUT2D eigenvalue weighted by molar-refractivity contribution is -0.151. The normalized spacial score (nSPS) is 12.7. The van der Waals surface area contributed by atoms with Gasteiger partial charge in [0.15, 0.2) is 11.9 Å². The van der Waals surface area contributed by atoms with Crippen molar-refractivity contribution in [2.75, 3.05) is 7.11 Å². The second-order valence-corrected chi connectivity index (χ2v) is 3.45. The largest absolute Gasteiger partial charge is 0.467 e. The maximum atomic E-state index is 13.9. The van der Waals surface area contributed by atoms with Gasteiger partial charge in [-0.1, -0.05) is 0 Å². The molecule has 0 aliphatic heterocycles. The molecule has 1 aromatic carbocycles. The van der Waals surface area contributed by atoms with Crippen LogP contribution in [0.1, 0.15) is 11.7 Å². The molecule has 1 heterocycles. The molecule has 4 nitrogen and oxygen atoms in total. The van der Waals surface area contributed by atoms with Crippen LogP contribution in [0.5, 0.6) is 0 Å². The molecule has 0 radical (unpaired) electrons. The molecule has 0 amide bonds. The second-order valence-electron chi connectivity index (χ2n) is 3.45. The van der Waals surface area contributed by atoms with Crippen LogP contribution < -0.4 is 0 Å². The van der Waals surface area contributed by atoms with Crippen molar-refractivity contribution < 1.29 is 23.4 Å². The zero-order valence-electron chi connectivity index (χ0n) is 8.83. The lowest BCUT2D eigenvalue weighted by Gasteiger charge is -2.11. The summed E-state index contributed by atoms with van der Waals surface area (Å²) in [6, 6.07) is 2.52. The third-order valence-electron chi connectivity index (χ3n) is 2.47. The fourth-order valence-corrected chi connectivity index (χ4v) is 1.63. The van der Waals surface area contributed by atoms with Crippen molar-refractivity contribution in [3.8, 4) is 0 Å². The highest BCUT2D eigenvalue weighted by molar-refractivity contribution is 5.84. The Kier molecular flexibility index (Phi) is 2.81. The van der Waals surface area contributed by atoms with Crippen molar-refractivity contribution in [1.82, 2.24) is 4.98 Å². The number of nitrogens with one attached hydrogen (secondary N) is 1. The Balaban J connectivity index is 2.64. The van der Waals surface area contributed by atoms with E-state index in [2.05, 4.69) is 9.72 Å². The lowest BCUT2D eigenvalue weighted by atomic mass is 10.1. The molecule has 1 unspecified atom stereocenters. The molecule has 6 heteroatoms. The van der Waals surface area contributed by atoms with Crippen LogP contribution >= 0.6 is 0 Å². The van der Waals surface area contributed by atoms with E-state index < -0.39 is 29.3 Å². The van der Waals surface area contributed by atoms with Gasteiger partial charge in [0.25, 0.3) is 0 Å². The van der Waals surface area contributed by atoms with E-state index in [1.807, 2.05) is 0 Å². The van der Waals surface area contributed by atoms with Crippen molar-refractivity contribution in [2.24, 2.45) is 0 Å². The Morgan fingerprint density at radius 1 is 1.53 bits per heavy atom. The third-order valence-corrected chi connectivity index (χ3v) is 2.47. The molecule has 2 rings (SSSR count). The Morgan fingerprint density at radius 3 is 2.88 bits per heavy atom. The van der Waals surface area contributed by atoms with E-state index in [1.165, 1.54) is 12.3 Å². The van der Waals surface area contributed by atoms with Gasteiger partial charge in [0.2, 0.25) is 0 Å². The summed E-state index contributed by atoms with van der Waals surface area (Å²) in [5.74, 6) is -3.11. The summed E-state index contributed by atoms with van der Waals surface area (Å²) in [6.07, 6.45) is -0.547. The summed E-state index contributed by atoms with van der Waals surface area (Å²) in [7, 11) is 1.02. The summed E-state index contributed by atoms with van der Waals surface area (Å²) in [6.45, 7) is 0. The van der Waals surface area contributed by atoms with Crippen LogP contribution in [-0.2, 0) is 9.53 Å². The fourth-order valence-electron chi connectivity index (χ4n) is 1.63. The van der Waals surface area contributed by atoms with E-state index in [4.69, 9.17) is 0 Å². The number of benzene rings is 1. The van der Waals surface area contributed by atoms with E-state index in [0.717, 1.165) is 13.2 Å². The number of fused-ring (bicyclic) bond motifs is 1. The zero-order valence-corrected chi connectivity index (χ0v) is 8.83. The van der Waals surface area contributed by atoms with E-state index in [-0.39, 0.29) is 5.52 Å². The van der Waals surface area contributed by atoms with Gasteiger partial charge in [0, 0.05) is 11.6 Å². The Hall–Kier alpha value is -1.95. The van der Waals surface area contributed by atoms with Crippen LogP contribution in [0.25, 0.3) is 10.9 Å². The first-order valence-corrected chi connectivity index (χ1v) is 4.77. The number of hydrogen-bond donors (Lipinski definition) is 2. The van der Waals surface area contributed by atoms with E-state index in [0.29, 0.717) is 5.39 Å². The number of ether oxygens (including phenoxy) is 1. The molecule has 0 fully saturated rings. The molecule has 0 spiro atoms. The highest BCUT2D eigenvalue weighted by Gasteiger charge is 2.27. The first kappa shape index (κ1) is 11.5. The van der Waals surface area contributed by atoms with Crippen LogP contribution in [0.3, 0.4) is 0 Å². The Morgan fingerprint density at radius 2 is 2.24 bits per heavy atom. The van der Waals surface area contributed by atoms with Gasteiger partial charge < -0.3 is 14.8 Å². The number of esters is 1. The molecule has 0 aliphatic rings. The summed E-state index contributed by atoms with van der Waals surface area (Å²) in [5, 5.41) is 9.80. The molecule has 17 heavy (non-hydrogen) atoms. The number of aliphatic hydroxyl groups is 1. The van der Waals surface area contributed by atoms with Crippen molar-refractivity contribution in [2.45, 2.75) is 6.10 Å². The van der Waals surface area contributed by atoms with E-state index in [9.17, 15) is 18.7 Å². The quantitative estimate of drug-likeness (QED) is 0.786. The number of aromatic amines is 1. The lowest BCUT2D eigenvalue weighted by Crippen LogP contribution is -2.16. The monoisotopic (exact) mass is 241 g/mol. The summed E-state index contributed by atoms with van der Waals surface area (Å²) >= 11 is 0. The van der Waals surface area contributed by atoms with Gasteiger partial charge in [0.05, 0.1) is 18.2 Å². The maximum absolute atomic E-state index is 13.9. The Labute approximate surface area is 94.8 Å². The SMILES string of the molecule is COC(=O)C(O)c1c(F)cc2cc[nH]c2c1F. The molecule has 0 saturated carbocycles. The first-order valence-electron chi connectivity index (χ1n) is 4.77. The van der Waals surface area contributed by atoms with Crippen LogP contribution in [-0.4, -0.2) is 23.2 Å². The van der Waals surface area contributed by atoms with Crippen molar-refractivity contribution in [1.29, 1.82) is 0 Å². The van der Waals surface area contributed by atoms with Gasteiger partial charge in [-0.2, -0.15) is 0 Å². The molecule has 0 aliphatic carbocycles. The number of aliphatic hydroxyl groups excluding tert-OH is 1. The van der Waals surface area contributed by atoms with Crippen molar-refractivity contribution >= 4 is 16.9 Å². The van der Waals surface area contributed by atoms with Gasteiger partial charge in [-0.25, -0.2) is 13.6 Å². The predicted molar refractivity (Wildman–Crippen MR) is 55.2 cm³/mol. The number of aromatic nitrogens is 1. The van der Waals surface area contributed by atoms with Crippen LogP contribution in [0.2, 0.25) is 0 Å². The van der Waals surface area contributed by atoms with E-state index in [1.54, 1.807) is 0 Å². The zero-order chi connectivity index (χ0) is 12.6. The standard InChI is InChI=1S/C11H9F2NO3/c1-17-11(16)10(15)7-6(12)4-5-2-3-14-9(5)8(7)13/h2-4,10,14-15H,1H3. The smallest absolute Gasteiger partial charge is 0.339 e. The molecule has 2 N–H and O–H groups in total. The van der Waals surface area contributed by atoms with Crippen LogP contribution in [0.4, 0.5) is 8.78 Å². The van der Waals surface area contributed by atoms with Gasteiger partial charge >= 0.3 is 5.97 Å². The Bertz CT molecular complexity index is 579. The molecular weight excluding hydrogens is 232 g/mol. The number of halogens is 2. The van der Waals surface area contributed by atoms with Crippen LogP contribution in [0.15, 0.2) is 18.3 Å². The van der Waals surface area contributed by atoms with Crippen molar-refractivity contribution in [3.05, 3.63) is 35.5 Å². The number of carbonyl (C=O) groups is 1. The van der Waals surface area contributed by atoms with Gasteiger partial charge in [-0.15, -0.1) is 0 Å². The van der Waals surface area contributed by atoms with E-state index >= 15 is 0 Å². The number of H-pyrrole nitrogens is 1.